The molecule has 1 aromatic heterocycles. The van der Waals surface area contributed by atoms with E-state index in [9.17, 15) is 9.59 Å². The normalized spacial score (nSPS) is 24.9. The minimum atomic E-state index is -0.0832. The van der Waals surface area contributed by atoms with E-state index in [-0.39, 0.29) is 17.9 Å². The van der Waals surface area contributed by atoms with Crippen molar-refractivity contribution in [2.24, 2.45) is 11.3 Å². The van der Waals surface area contributed by atoms with Gasteiger partial charge in [0.2, 0.25) is 11.8 Å². The highest BCUT2D eigenvalue weighted by Crippen LogP contribution is 2.53. The lowest BCUT2D eigenvalue weighted by Gasteiger charge is -2.25. The van der Waals surface area contributed by atoms with Gasteiger partial charge < -0.3 is 10.2 Å². The smallest absolute Gasteiger partial charge is 0.223 e. The van der Waals surface area contributed by atoms with Crippen LogP contribution in [0.5, 0.6) is 0 Å². The second kappa shape index (κ2) is 6.53. The van der Waals surface area contributed by atoms with E-state index in [0.717, 1.165) is 31.5 Å². The molecule has 1 aromatic rings. The summed E-state index contributed by atoms with van der Waals surface area (Å²) in [5.41, 5.74) is 1.08. The van der Waals surface area contributed by atoms with Crippen molar-refractivity contribution in [1.29, 1.82) is 0 Å². The second-order valence-electron chi connectivity index (χ2n) is 7.82. The Morgan fingerprint density at radius 1 is 1.42 bits per heavy atom. The van der Waals surface area contributed by atoms with Crippen molar-refractivity contribution in [3.8, 4) is 0 Å². The molecule has 1 saturated carbocycles. The number of nitrogens with one attached hydrogen (secondary N) is 1. The molecule has 2 heterocycles. The van der Waals surface area contributed by atoms with Gasteiger partial charge in [0.1, 0.15) is 5.69 Å². The number of aromatic nitrogens is 3. The molecule has 0 aromatic carbocycles. The van der Waals surface area contributed by atoms with Gasteiger partial charge in [-0.3, -0.25) is 14.3 Å². The lowest BCUT2D eigenvalue weighted by atomic mass is 10.1. The molecule has 2 unspecified atom stereocenters. The predicted octanol–water partition coefficient (Wildman–Crippen LogP) is 1.34. The van der Waals surface area contributed by atoms with Crippen molar-refractivity contribution in [3.05, 3.63) is 11.9 Å². The third-order valence-corrected chi connectivity index (χ3v) is 5.34. The highest BCUT2D eigenvalue weighted by atomic mass is 16.2. The van der Waals surface area contributed by atoms with Crippen LogP contribution in [-0.4, -0.2) is 44.3 Å². The van der Waals surface area contributed by atoms with Gasteiger partial charge in [-0.25, -0.2) is 0 Å². The molecule has 2 amide bonds. The summed E-state index contributed by atoms with van der Waals surface area (Å²) in [4.78, 5) is 25.6. The van der Waals surface area contributed by atoms with Crippen LogP contribution in [0.15, 0.2) is 6.20 Å². The molecule has 1 aliphatic carbocycles. The first-order chi connectivity index (χ1) is 11.3. The number of nitrogens with zero attached hydrogens (tertiary/aromatic N) is 4. The van der Waals surface area contributed by atoms with Crippen LogP contribution < -0.4 is 5.32 Å². The fourth-order valence-corrected chi connectivity index (χ4v) is 3.55. The average molecular weight is 333 g/mol. The molecule has 2 aliphatic rings. The van der Waals surface area contributed by atoms with Crippen molar-refractivity contribution in [2.45, 2.75) is 65.6 Å². The Kier molecular flexibility index (Phi) is 4.60. The van der Waals surface area contributed by atoms with Crippen molar-refractivity contribution in [2.75, 3.05) is 6.54 Å². The van der Waals surface area contributed by atoms with Crippen LogP contribution in [0, 0.1) is 11.3 Å². The molecule has 2 atom stereocenters. The highest BCUT2D eigenvalue weighted by Gasteiger charge is 2.47. The lowest BCUT2D eigenvalue weighted by Crippen LogP contribution is -2.38. The quantitative estimate of drug-likeness (QED) is 0.852. The number of carbonyl (C=O) groups excluding carboxylic acids is 2. The van der Waals surface area contributed by atoms with Gasteiger partial charge in [0.15, 0.2) is 0 Å². The van der Waals surface area contributed by atoms with Gasteiger partial charge in [-0.15, -0.1) is 5.10 Å². The molecule has 1 aliphatic heterocycles. The topological polar surface area (TPSA) is 80.1 Å². The van der Waals surface area contributed by atoms with Gasteiger partial charge in [-0.05, 0) is 30.6 Å². The summed E-state index contributed by atoms with van der Waals surface area (Å²) in [5.74, 6) is 0.744. The third kappa shape index (κ3) is 3.94. The molecule has 1 N–H and O–H groups in total. The maximum Gasteiger partial charge on any atom is 0.223 e. The Morgan fingerprint density at radius 2 is 2.17 bits per heavy atom. The average Bonchev–Trinajstić information content (AvgIpc) is 2.92. The largest absolute Gasteiger partial charge is 0.351 e. The summed E-state index contributed by atoms with van der Waals surface area (Å²) < 4.78 is 1.79. The van der Waals surface area contributed by atoms with Crippen molar-refractivity contribution >= 4 is 11.8 Å². The number of carbonyl (C=O) groups is 2. The third-order valence-electron chi connectivity index (χ3n) is 5.34. The molecule has 0 radical (unpaired) electrons. The van der Waals surface area contributed by atoms with E-state index in [1.807, 2.05) is 11.1 Å². The fraction of sp³-hybridized carbons (Fsp3) is 0.765. The number of likely N-dealkylation sites (tertiary alicyclic amines) is 1. The monoisotopic (exact) mass is 333 g/mol. The van der Waals surface area contributed by atoms with Crippen LogP contribution in [0.3, 0.4) is 0 Å². The minimum Gasteiger partial charge on any atom is -0.351 e. The maximum atomic E-state index is 12.6. The molecule has 132 valence electrons. The zero-order chi connectivity index (χ0) is 17.3. The summed E-state index contributed by atoms with van der Waals surface area (Å²) >= 11 is 0. The summed E-state index contributed by atoms with van der Waals surface area (Å²) in [6, 6.07) is 0.203. The van der Waals surface area contributed by atoms with Gasteiger partial charge in [0, 0.05) is 19.9 Å². The van der Waals surface area contributed by atoms with Gasteiger partial charge in [-0.2, -0.15) is 0 Å². The first kappa shape index (κ1) is 16.9. The van der Waals surface area contributed by atoms with E-state index in [1.54, 1.807) is 4.68 Å². The molecule has 0 spiro atoms. The SMILES string of the molecule is CC(=O)NCc1cn(CC2CCCN2C(=O)CC2CC2(C)C)nn1. The van der Waals surface area contributed by atoms with Crippen LogP contribution in [-0.2, 0) is 22.7 Å². The minimum absolute atomic E-state index is 0.0832. The molecule has 24 heavy (non-hydrogen) atoms. The Bertz CT molecular complexity index is 624. The lowest BCUT2D eigenvalue weighted by molar-refractivity contribution is -0.132. The van der Waals surface area contributed by atoms with Gasteiger partial charge in [0.05, 0.1) is 25.3 Å². The van der Waals surface area contributed by atoms with E-state index < -0.39 is 0 Å². The Balaban J connectivity index is 1.54. The first-order valence-electron chi connectivity index (χ1n) is 8.78. The van der Waals surface area contributed by atoms with Crippen LogP contribution in [0.1, 0.15) is 52.1 Å². The maximum absolute atomic E-state index is 12.6. The van der Waals surface area contributed by atoms with E-state index in [1.165, 1.54) is 6.92 Å². The molecular weight excluding hydrogens is 306 g/mol. The van der Waals surface area contributed by atoms with Gasteiger partial charge in [-0.1, -0.05) is 19.1 Å². The van der Waals surface area contributed by atoms with Crippen LogP contribution in [0.25, 0.3) is 0 Å². The van der Waals surface area contributed by atoms with E-state index in [0.29, 0.717) is 30.8 Å². The standard InChI is InChI=1S/C17H27N5O2/c1-12(23)18-9-14-10-21(20-19-14)11-15-5-4-6-22(15)16(24)7-13-8-17(13,2)3/h10,13,15H,4-9,11H2,1-3H3,(H,18,23). The second-order valence-corrected chi connectivity index (χ2v) is 7.82. The Morgan fingerprint density at radius 3 is 2.83 bits per heavy atom. The first-order valence-corrected chi connectivity index (χ1v) is 8.78. The zero-order valence-corrected chi connectivity index (χ0v) is 14.8. The molecule has 7 nitrogen and oxygen atoms in total. The van der Waals surface area contributed by atoms with E-state index in [2.05, 4.69) is 29.5 Å². The Hall–Kier alpha value is -1.92. The molecule has 2 fully saturated rings. The number of amides is 2. The van der Waals surface area contributed by atoms with Crippen LogP contribution >= 0.6 is 0 Å². The van der Waals surface area contributed by atoms with Crippen LogP contribution in [0.4, 0.5) is 0 Å². The van der Waals surface area contributed by atoms with Gasteiger partial charge >= 0.3 is 0 Å². The predicted molar refractivity (Wildman–Crippen MR) is 88.8 cm³/mol. The summed E-state index contributed by atoms with van der Waals surface area (Å²) in [6.45, 7) is 7.86. The number of hydrogen-bond donors (Lipinski definition) is 1. The number of hydrogen-bond acceptors (Lipinski definition) is 4. The molecule has 1 saturated heterocycles. The molecule has 0 bridgehead atoms. The van der Waals surface area contributed by atoms with Gasteiger partial charge in [0.25, 0.3) is 0 Å². The van der Waals surface area contributed by atoms with Crippen LogP contribution in [0.2, 0.25) is 0 Å². The zero-order valence-electron chi connectivity index (χ0n) is 14.8. The highest BCUT2D eigenvalue weighted by molar-refractivity contribution is 5.77. The van der Waals surface area contributed by atoms with Crippen molar-refractivity contribution in [1.82, 2.24) is 25.2 Å². The summed E-state index contributed by atoms with van der Waals surface area (Å²) in [6.07, 6.45) is 5.75. The van der Waals surface area contributed by atoms with E-state index in [4.69, 9.17) is 0 Å². The Labute approximate surface area is 142 Å². The summed E-state index contributed by atoms with van der Waals surface area (Å²) in [7, 11) is 0. The molecule has 7 heteroatoms. The van der Waals surface area contributed by atoms with Crippen molar-refractivity contribution in [3.63, 3.8) is 0 Å². The summed E-state index contributed by atoms with van der Waals surface area (Å²) in [5, 5.41) is 10.9. The molecular formula is C17H27N5O2. The number of rotatable bonds is 6. The van der Waals surface area contributed by atoms with Crippen molar-refractivity contribution < 1.29 is 9.59 Å². The fourth-order valence-electron chi connectivity index (χ4n) is 3.55. The van der Waals surface area contributed by atoms with E-state index >= 15 is 0 Å². The molecule has 3 rings (SSSR count).